The van der Waals surface area contributed by atoms with E-state index in [2.05, 4.69) is 37.9 Å². The molecule has 7 heteroatoms. The van der Waals surface area contributed by atoms with Crippen molar-refractivity contribution in [1.29, 1.82) is 0 Å². The van der Waals surface area contributed by atoms with E-state index in [-0.39, 0.29) is 5.25 Å². The van der Waals surface area contributed by atoms with Crippen molar-refractivity contribution in [2.75, 3.05) is 13.7 Å². The minimum Gasteiger partial charge on any atom is -0.496 e. The standard InChI is InChI=1S/C20H24N2O3S2/c1-14-8-15(2)10-21-20(27-16(3)9-14)19-22-11-17(25-13-23)6-5-7-18(24-4)12-26-19/h5,7-9,11-13,16H,6,10H2,1-4H3/b7-5?,14-9-,15-8-,17-11-,18-12-,21-20-,22-19-. The van der Waals surface area contributed by atoms with Crippen molar-refractivity contribution < 1.29 is 14.3 Å². The molecule has 0 aliphatic carbocycles. The van der Waals surface area contributed by atoms with Gasteiger partial charge in [0, 0.05) is 17.1 Å². The zero-order chi connectivity index (χ0) is 19.6. The molecule has 0 fully saturated rings. The molecule has 0 N–H and O–H groups in total. The Labute approximate surface area is 169 Å². The fourth-order valence-corrected chi connectivity index (χ4v) is 4.33. The molecule has 1 unspecified atom stereocenters. The number of hydrogen-bond donors (Lipinski definition) is 0. The fraction of sp³-hybridized carbons (Fsp3) is 0.350. The van der Waals surface area contributed by atoms with Crippen LogP contribution in [-0.2, 0) is 14.3 Å². The van der Waals surface area contributed by atoms with Crippen molar-refractivity contribution in [3.05, 3.63) is 58.6 Å². The smallest absolute Gasteiger partial charge is 0.298 e. The SMILES string of the molecule is CO/C1=C\SC(/C2=N/C/C(C)=C\C(C)=C/C(C)S2)=N\C=C(/OC=O)CC=C1. The Balaban J connectivity index is 2.41. The number of carbonyl (C=O) groups excluding carboxylic acids is 1. The number of aliphatic imine (C=N–C) groups is 2. The summed E-state index contributed by atoms with van der Waals surface area (Å²) >= 11 is 3.10. The van der Waals surface area contributed by atoms with E-state index < -0.39 is 0 Å². The minimum atomic E-state index is 0.255. The van der Waals surface area contributed by atoms with Crippen LogP contribution < -0.4 is 0 Å². The number of ether oxygens (including phenoxy) is 2. The van der Waals surface area contributed by atoms with E-state index in [0.717, 1.165) is 10.1 Å². The van der Waals surface area contributed by atoms with Crippen LogP contribution in [0.2, 0.25) is 0 Å². The Morgan fingerprint density at radius 3 is 2.85 bits per heavy atom. The molecular formula is C20H24N2O3S2. The summed E-state index contributed by atoms with van der Waals surface area (Å²) in [6, 6.07) is 0. The minimum absolute atomic E-state index is 0.255. The number of hydrogen-bond acceptors (Lipinski definition) is 7. The first kappa shape index (κ1) is 21.3. The van der Waals surface area contributed by atoms with Crippen molar-refractivity contribution in [2.45, 2.75) is 32.4 Å². The van der Waals surface area contributed by atoms with Crippen LogP contribution in [0.1, 0.15) is 27.2 Å². The summed E-state index contributed by atoms with van der Waals surface area (Å²) in [5.74, 6) is 1.17. The van der Waals surface area contributed by atoms with E-state index in [1.165, 1.54) is 22.9 Å². The molecule has 0 aromatic heterocycles. The molecule has 0 bridgehead atoms. The van der Waals surface area contributed by atoms with E-state index in [1.807, 2.05) is 17.6 Å². The van der Waals surface area contributed by atoms with Crippen molar-refractivity contribution in [1.82, 2.24) is 0 Å². The van der Waals surface area contributed by atoms with E-state index in [1.54, 1.807) is 25.1 Å². The van der Waals surface area contributed by atoms with Crippen molar-refractivity contribution >= 4 is 40.1 Å². The highest BCUT2D eigenvalue weighted by Gasteiger charge is 2.15. The van der Waals surface area contributed by atoms with Crippen LogP contribution in [0.4, 0.5) is 0 Å². The summed E-state index contributed by atoms with van der Waals surface area (Å²) in [5, 5.41) is 3.75. The summed E-state index contributed by atoms with van der Waals surface area (Å²) < 4.78 is 10.4. The first-order chi connectivity index (χ1) is 13.0. The van der Waals surface area contributed by atoms with E-state index in [9.17, 15) is 4.79 Å². The van der Waals surface area contributed by atoms with Gasteiger partial charge in [0.1, 0.15) is 21.6 Å². The highest BCUT2D eigenvalue weighted by atomic mass is 32.2. The predicted octanol–water partition coefficient (Wildman–Crippen LogP) is 5.01. The number of nitrogens with zero attached hydrogens (tertiary/aromatic N) is 2. The van der Waals surface area contributed by atoms with Crippen LogP contribution in [0.3, 0.4) is 0 Å². The van der Waals surface area contributed by atoms with Gasteiger partial charge in [-0.3, -0.25) is 9.79 Å². The Bertz CT molecular complexity index is 774. The lowest BCUT2D eigenvalue weighted by atomic mass is 10.1. The third-order valence-electron chi connectivity index (χ3n) is 3.57. The predicted molar refractivity (Wildman–Crippen MR) is 116 cm³/mol. The third-order valence-corrected chi connectivity index (χ3v) is 5.63. The molecule has 0 saturated heterocycles. The molecule has 27 heavy (non-hydrogen) atoms. The molecule has 144 valence electrons. The number of allylic oxidation sites excluding steroid dienone is 4. The topological polar surface area (TPSA) is 60.3 Å². The average molecular weight is 405 g/mol. The monoisotopic (exact) mass is 404 g/mol. The zero-order valence-electron chi connectivity index (χ0n) is 16.0. The van der Waals surface area contributed by atoms with Crippen LogP contribution in [0.15, 0.2) is 68.6 Å². The van der Waals surface area contributed by atoms with Gasteiger partial charge in [-0.15, -0.1) is 0 Å². The van der Waals surface area contributed by atoms with E-state index >= 15 is 0 Å². The first-order valence-corrected chi connectivity index (χ1v) is 10.3. The third kappa shape index (κ3) is 7.27. The maximum atomic E-state index is 10.7. The van der Waals surface area contributed by atoms with Gasteiger partial charge < -0.3 is 9.47 Å². The first-order valence-electron chi connectivity index (χ1n) is 8.53. The number of methoxy groups -OCH3 is 1. The highest BCUT2D eigenvalue weighted by Crippen LogP contribution is 2.26. The average Bonchev–Trinajstić information content (AvgIpc) is 2.68. The second-order valence-corrected chi connectivity index (χ2v) is 8.26. The van der Waals surface area contributed by atoms with Crippen LogP contribution in [0.25, 0.3) is 0 Å². The van der Waals surface area contributed by atoms with Gasteiger partial charge in [0.05, 0.1) is 19.9 Å². The van der Waals surface area contributed by atoms with Crippen molar-refractivity contribution in [3.63, 3.8) is 0 Å². The second kappa shape index (κ2) is 11.0. The molecule has 5 nitrogen and oxygen atoms in total. The molecule has 2 aliphatic heterocycles. The highest BCUT2D eigenvalue weighted by molar-refractivity contribution is 8.26. The van der Waals surface area contributed by atoms with Crippen molar-refractivity contribution in [3.8, 4) is 0 Å². The lowest BCUT2D eigenvalue weighted by molar-refractivity contribution is -0.125. The van der Waals surface area contributed by atoms with E-state index in [4.69, 9.17) is 14.5 Å². The Hall–Kier alpha value is -1.99. The molecule has 1 atom stereocenters. The quantitative estimate of drug-likeness (QED) is 0.617. The van der Waals surface area contributed by atoms with E-state index in [0.29, 0.717) is 31.0 Å². The molecule has 0 radical (unpaired) electrons. The summed E-state index contributed by atoms with van der Waals surface area (Å²) in [6.07, 6.45) is 10.1. The fourth-order valence-electron chi connectivity index (χ4n) is 2.43. The van der Waals surface area contributed by atoms with Crippen LogP contribution >= 0.6 is 23.5 Å². The maximum Gasteiger partial charge on any atom is 0.298 e. The summed E-state index contributed by atoms with van der Waals surface area (Å²) in [6.45, 7) is 7.34. The van der Waals surface area contributed by atoms with Crippen LogP contribution in [0.5, 0.6) is 0 Å². The molecule has 2 heterocycles. The summed E-state index contributed by atoms with van der Waals surface area (Å²) in [5.41, 5.74) is 2.43. The Kier molecular flexibility index (Phi) is 8.67. The Morgan fingerprint density at radius 1 is 1.30 bits per heavy atom. The van der Waals surface area contributed by atoms with Gasteiger partial charge in [-0.1, -0.05) is 52.9 Å². The van der Waals surface area contributed by atoms with Gasteiger partial charge >= 0.3 is 0 Å². The lowest BCUT2D eigenvalue weighted by Gasteiger charge is -2.12. The molecule has 0 saturated carbocycles. The van der Waals surface area contributed by atoms with Crippen LogP contribution in [-0.4, -0.2) is 35.5 Å². The summed E-state index contributed by atoms with van der Waals surface area (Å²) in [4.78, 5) is 20.1. The van der Waals surface area contributed by atoms with Gasteiger partial charge in [-0.25, -0.2) is 4.99 Å². The van der Waals surface area contributed by atoms with Gasteiger partial charge in [-0.2, -0.15) is 0 Å². The zero-order valence-corrected chi connectivity index (χ0v) is 17.6. The molecular weight excluding hydrogens is 380 g/mol. The number of rotatable bonds is 4. The Morgan fingerprint density at radius 2 is 2.11 bits per heavy atom. The molecule has 0 amide bonds. The molecule has 2 rings (SSSR count). The van der Waals surface area contributed by atoms with Gasteiger partial charge in [0.2, 0.25) is 0 Å². The lowest BCUT2D eigenvalue weighted by Crippen LogP contribution is -2.11. The maximum absolute atomic E-state index is 10.7. The molecule has 0 aromatic rings. The summed E-state index contributed by atoms with van der Waals surface area (Å²) in [7, 11) is 1.62. The largest absolute Gasteiger partial charge is 0.496 e. The van der Waals surface area contributed by atoms with Gasteiger partial charge in [-0.05, 0) is 26.8 Å². The molecule has 0 aromatic carbocycles. The molecule has 2 aliphatic rings. The van der Waals surface area contributed by atoms with Gasteiger partial charge in [0.25, 0.3) is 6.47 Å². The molecule has 0 spiro atoms. The number of thioether (sulfide) groups is 2. The second-order valence-electron chi connectivity index (χ2n) is 6.04. The van der Waals surface area contributed by atoms with Gasteiger partial charge in [0.15, 0.2) is 0 Å². The van der Waals surface area contributed by atoms with Crippen molar-refractivity contribution in [2.24, 2.45) is 9.98 Å². The number of carbonyl (C=O) groups is 1. The normalized spacial score (nSPS) is 33.3. The van der Waals surface area contributed by atoms with Crippen LogP contribution in [0, 0.1) is 0 Å².